The molecule has 2 rings (SSSR count). The highest BCUT2D eigenvalue weighted by Crippen LogP contribution is 2.36. The number of ketones is 1. The number of aromatic nitrogens is 2. The van der Waals surface area contributed by atoms with E-state index in [-0.39, 0.29) is 5.78 Å². The van der Waals surface area contributed by atoms with Crippen LogP contribution in [0.5, 0.6) is 0 Å². The van der Waals surface area contributed by atoms with Crippen LogP contribution in [0.2, 0.25) is 0 Å². The first kappa shape index (κ1) is 16.2. The zero-order valence-electron chi connectivity index (χ0n) is 13.8. The predicted octanol–water partition coefficient (Wildman–Crippen LogP) is 3.17. The Morgan fingerprint density at radius 3 is 2.86 bits per heavy atom. The van der Waals surface area contributed by atoms with E-state index >= 15 is 0 Å². The first-order valence-electron chi connectivity index (χ1n) is 8.18. The first-order valence-corrected chi connectivity index (χ1v) is 8.18. The lowest BCUT2D eigenvalue weighted by Crippen LogP contribution is -2.45. The molecule has 21 heavy (non-hydrogen) atoms. The Bertz CT molecular complexity index is 495. The summed E-state index contributed by atoms with van der Waals surface area (Å²) in [6.45, 7) is 7.17. The second-order valence-corrected chi connectivity index (χ2v) is 6.30. The lowest BCUT2D eigenvalue weighted by Gasteiger charge is -2.37. The molecule has 1 aromatic rings. The Kier molecular flexibility index (Phi) is 5.20. The summed E-state index contributed by atoms with van der Waals surface area (Å²) in [7, 11) is 1.69. The van der Waals surface area contributed by atoms with Gasteiger partial charge in [0, 0.05) is 19.3 Å². The SMILES string of the molecule is CCc1cc(CC(=O)C2(OC)CCCC(C)C2)n(CC)n1. The van der Waals surface area contributed by atoms with E-state index in [0.29, 0.717) is 12.3 Å². The van der Waals surface area contributed by atoms with Crippen LogP contribution in [0, 0.1) is 5.92 Å². The molecule has 0 spiro atoms. The molecule has 1 heterocycles. The monoisotopic (exact) mass is 292 g/mol. The van der Waals surface area contributed by atoms with Crippen molar-refractivity contribution in [2.24, 2.45) is 5.92 Å². The molecule has 2 atom stereocenters. The molecule has 1 aromatic heterocycles. The van der Waals surface area contributed by atoms with Crippen LogP contribution in [-0.2, 0) is 28.9 Å². The Morgan fingerprint density at radius 1 is 1.52 bits per heavy atom. The highest BCUT2D eigenvalue weighted by molar-refractivity contribution is 5.89. The summed E-state index contributed by atoms with van der Waals surface area (Å²) >= 11 is 0. The quantitative estimate of drug-likeness (QED) is 0.809. The fourth-order valence-electron chi connectivity index (χ4n) is 3.49. The van der Waals surface area contributed by atoms with Crippen LogP contribution in [0.3, 0.4) is 0 Å². The highest BCUT2D eigenvalue weighted by Gasteiger charge is 2.41. The van der Waals surface area contributed by atoms with Crippen molar-refractivity contribution in [3.05, 3.63) is 17.5 Å². The van der Waals surface area contributed by atoms with Gasteiger partial charge in [0.15, 0.2) is 5.78 Å². The maximum absolute atomic E-state index is 12.9. The van der Waals surface area contributed by atoms with Crippen molar-refractivity contribution in [1.29, 1.82) is 0 Å². The Balaban J connectivity index is 2.17. The average molecular weight is 292 g/mol. The second kappa shape index (κ2) is 6.73. The average Bonchev–Trinajstić information content (AvgIpc) is 2.89. The lowest BCUT2D eigenvalue weighted by atomic mass is 9.75. The van der Waals surface area contributed by atoms with E-state index in [1.54, 1.807) is 7.11 Å². The molecule has 0 aromatic carbocycles. The van der Waals surface area contributed by atoms with E-state index < -0.39 is 5.60 Å². The molecule has 4 heteroatoms. The van der Waals surface area contributed by atoms with Crippen LogP contribution in [0.4, 0.5) is 0 Å². The maximum atomic E-state index is 12.9. The van der Waals surface area contributed by atoms with Crippen LogP contribution in [0.15, 0.2) is 6.07 Å². The van der Waals surface area contributed by atoms with Crippen LogP contribution >= 0.6 is 0 Å². The molecule has 0 N–H and O–H groups in total. The normalized spacial score (nSPS) is 26.0. The van der Waals surface area contributed by atoms with Crippen LogP contribution in [0.1, 0.15) is 57.8 Å². The standard InChI is InChI=1S/C17H28N2O2/c1-5-14-10-15(19(6-2)18-14)11-16(20)17(21-4)9-7-8-13(3)12-17/h10,13H,5-9,11-12H2,1-4H3. The third-order valence-corrected chi connectivity index (χ3v) is 4.77. The molecule has 1 saturated carbocycles. The van der Waals surface area contributed by atoms with Crippen molar-refractivity contribution in [2.75, 3.05) is 7.11 Å². The van der Waals surface area contributed by atoms with Crippen molar-refractivity contribution in [3.8, 4) is 0 Å². The number of methoxy groups -OCH3 is 1. The van der Waals surface area contributed by atoms with Gasteiger partial charge in [-0.05, 0) is 44.6 Å². The molecule has 1 aliphatic rings. The number of rotatable bonds is 6. The number of carbonyl (C=O) groups is 1. The summed E-state index contributed by atoms with van der Waals surface area (Å²) in [5, 5.41) is 4.53. The van der Waals surface area contributed by atoms with Gasteiger partial charge >= 0.3 is 0 Å². The zero-order chi connectivity index (χ0) is 15.5. The number of nitrogens with zero attached hydrogens (tertiary/aromatic N) is 2. The molecule has 0 amide bonds. The minimum atomic E-state index is -0.577. The number of hydrogen-bond acceptors (Lipinski definition) is 3. The van der Waals surface area contributed by atoms with Crippen molar-refractivity contribution in [3.63, 3.8) is 0 Å². The van der Waals surface area contributed by atoms with Crippen LogP contribution in [0.25, 0.3) is 0 Å². The van der Waals surface area contributed by atoms with Crippen LogP contribution in [-0.4, -0.2) is 28.3 Å². The smallest absolute Gasteiger partial charge is 0.170 e. The summed E-state index contributed by atoms with van der Waals surface area (Å²) in [5.74, 6) is 0.777. The molecule has 0 bridgehead atoms. The molecular weight excluding hydrogens is 264 g/mol. The fraction of sp³-hybridized carbons (Fsp3) is 0.765. The minimum Gasteiger partial charge on any atom is -0.370 e. The summed E-state index contributed by atoms with van der Waals surface area (Å²) in [5.41, 5.74) is 1.50. The Hall–Kier alpha value is -1.16. The first-order chi connectivity index (χ1) is 10.0. The molecule has 0 saturated heterocycles. The zero-order valence-corrected chi connectivity index (χ0v) is 13.8. The van der Waals surface area contributed by atoms with Crippen LogP contribution < -0.4 is 0 Å². The van der Waals surface area contributed by atoms with E-state index in [0.717, 1.165) is 43.6 Å². The van der Waals surface area contributed by atoms with Crippen molar-refractivity contribution >= 4 is 5.78 Å². The van der Waals surface area contributed by atoms with Gasteiger partial charge in [0.2, 0.25) is 0 Å². The molecule has 1 aliphatic carbocycles. The number of aryl methyl sites for hydroxylation is 2. The Labute approximate surface area is 127 Å². The van der Waals surface area contributed by atoms with E-state index in [1.807, 2.05) is 4.68 Å². The van der Waals surface area contributed by atoms with Gasteiger partial charge in [0.1, 0.15) is 5.60 Å². The highest BCUT2D eigenvalue weighted by atomic mass is 16.5. The topological polar surface area (TPSA) is 44.1 Å². The maximum Gasteiger partial charge on any atom is 0.170 e. The van der Waals surface area contributed by atoms with Crippen molar-refractivity contribution < 1.29 is 9.53 Å². The summed E-state index contributed by atoms with van der Waals surface area (Å²) in [4.78, 5) is 12.9. The largest absolute Gasteiger partial charge is 0.370 e. The third kappa shape index (κ3) is 3.37. The number of hydrogen-bond donors (Lipinski definition) is 0. The van der Waals surface area contributed by atoms with E-state index in [1.165, 1.54) is 6.42 Å². The van der Waals surface area contributed by atoms with E-state index in [2.05, 4.69) is 31.9 Å². The van der Waals surface area contributed by atoms with Gasteiger partial charge in [-0.1, -0.05) is 20.3 Å². The molecule has 0 aliphatic heterocycles. The van der Waals surface area contributed by atoms with E-state index in [9.17, 15) is 4.79 Å². The minimum absolute atomic E-state index is 0.216. The number of Topliss-reactive ketones (excluding diaryl/α,β-unsaturated/α-hetero) is 1. The summed E-state index contributed by atoms with van der Waals surface area (Å²) in [6.07, 6.45) is 5.32. The van der Waals surface area contributed by atoms with Gasteiger partial charge < -0.3 is 4.74 Å². The second-order valence-electron chi connectivity index (χ2n) is 6.30. The van der Waals surface area contributed by atoms with E-state index in [4.69, 9.17) is 4.74 Å². The third-order valence-electron chi connectivity index (χ3n) is 4.77. The van der Waals surface area contributed by atoms with Gasteiger partial charge in [-0.25, -0.2) is 0 Å². The molecular formula is C17H28N2O2. The number of carbonyl (C=O) groups excluding carboxylic acids is 1. The van der Waals surface area contributed by atoms with Gasteiger partial charge in [-0.3, -0.25) is 9.48 Å². The molecule has 1 fully saturated rings. The molecule has 2 unspecified atom stereocenters. The lowest BCUT2D eigenvalue weighted by molar-refractivity contribution is -0.146. The molecule has 4 nitrogen and oxygen atoms in total. The number of ether oxygens (including phenoxy) is 1. The van der Waals surface area contributed by atoms with Gasteiger partial charge in [0.25, 0.3) is 0 Å². The van der Waals surface area contributed by atoms with Crippen molar-refractivity contribution in [2.45, 2.75) is 71.4 Å². The summed E-state index contributed by atoms with van der Waals surface area (Å²) in [6, 6.07) is 2.07. The molecule has 0 radical (unpaired) electrons. The fourth-order valence-corrected chi connectivity index (χ4v) is 3.49. The van der Waals surface area contributed by atoms with Crippen molar-refractivity contribution in [1.82, 2.24) is 9.78 Å². The summed E-state index contributed by atoms with van der Waals surface area (Å²) < 4.78 is 7.66. The molecule has 118 valence electrons. The van der Waals surface area contributed by atoms with Gasteiger partial charge in [-0.2, -0.15) is 5.10 Å². The van der Waals surface area contributed by atoms with Gasteiger partial charge in [0.05, 0.1) is 12.1 Å². The predicted molar refractivity (Wildman–Crippen MR) is 83.4 cm³/mol. The Morgan fingerprint density at radius 2 is 2.29 bits per heavy atom. The van der Waals surface area contributed by atoms with Gasteiger partial charge in [-0.15, -0.1) is 0 Å².